The Kier molecular flexibility index (Phi) is 7.01. The molecule has 2 N–H and O–H groups in total. The maximum Gasteiger partial charge on any atom is 0.257 e. The molecule has 0 aliphatic carbocycles. The van der Waals surface area contributed by atoms with Crippen LogP contribution in [0.4, 0.5) is 0 Å². The highest BCUT2D eigenvalue weighted by Gasteiger charge is 2.07. The van der Waals surface area contributed by atoms with E-state index in [0.717, 1.165) is 25.1 Å². The summed E-state index contributed by atoms with van der Waals surface area (Å²) >= 11 is 5.06. The second kappa shape index (κ2) is 8.53. The predicted molar refractivity (Wildman–Crippen MR) is 85.2 cm³/mol. The molecule has 0 fully saturated rings. The van der Waals surface area contributed by atoms with Crippen molar-refractivity contribution in [2.45, 2.75) is 39.7 Å². The normalized spacial score (nSPS) is 10.2. The van der Waals surface area contributed by atoms with Crippen LogP contribution in [-0.4, -0.2) is 23.7 Å². The Balaban J connectivity index is 2.49. The molecule has 0 aromatic heterocycles. The van der Waals surface area contributed by atoms with E-state index < -0.39 is 0 Å². The van der Waals surface area contributed by atoms with Crippen molar-refractivity contribution in [3.05, 3.63) is 29.8 Å². The van der Waals surface area contributed by atoms with Gasteiger partial charge in [0.25, 0.3) is 5.91 Å². The Morgan fingerprint density at radius 1 is 1.30 bits per heavy atom. The van der Waals surface area contributed by atoms with Gasteiger partial charge in [-0.05, 0) is 56.8 Å². The summed E-state index contributed by atoms with van der Waals surface area (Å²) in [6, 6.07) is 7.01. The summed E-state index contributed by atoms with van der Waals surface area (Å²) in [5, 5.41) is 6.02. The average Bonchev–Trinajstić information content (AvgIpc) is 2.39. The molecule has 0 saturated heterocycles. The Labute approximate surface area is 125 Å². The lowest BCUT2D eigenvalue weighted by atomic mass is 10.2. The lowest BCUT2D eigenvalue weighted by Gasteiger charge is -2.11. The summed E-state index contributed by atoms with van der Waals surface area (Å²) in [7, 11) is 0. The molecule has 20 heavy (non-hydrogen) atoms. The molecule has 0 spiro atoms. The number of nitrogens with one attached hydrogen (secondary N) is 2. The van der Waals surface area contributed by atoms with Crippen molar-refractivity contribution in [3.8, 4) is 5.75 Å². The molecule has 0 atom stereocenters. The van der Waals surface area contributed by atoms with Gasteiger partial charge in [-0.15, -0.1) is 0 Å². The van der Waals surface area contributed by atoms with Crippen LogP contribution in [0.2, 0.25) is 0 Å². The standard InChI is InChI=1S/C15H22N2O2S/c1-4-5-10-16-15(20)17-14(18)12-6-8-13(9-7-12)19-11(2)3/h6-9,11H,4-5,10H2,1-3H3,(H2,16,17,18,20). The van der Waals surface area contributed by atoms with Gasteiger partial charge in [-0.25, -0.2) is 0 Å². The molecule has 1 aromatic carbocycles. The van der Waals surface area contributed by atoms with Gasteiger partial charge in [0.15, 0.2) is 5.11 Å². The van der Waals surface area contributed by atoms with E-state index in [0.29, 0.717) is 10.7 Å². The van der Waals surface area contributed by atoms with Gasteiger partial charge in [0, 0.05) is 12.1 Å². The third-order valence-corrected chi connectivity index (χ3v) is 2.78. The molecule has 1 amide bonds. The van der Waals surface area contributed by atoms with E-state index in [1.807, 2.05) is 13.8 Å². The number of amides is 1. The minimum absolute atomic E-state index is 0.116. The van der Waals surface area contributed by atoms with Crippen molar-refractivity contribution in [2.24, 2.45) is 0 Å². The molecular weight excluding hydrogens is 272 g/mol. The van der Waals surface area contributed by atoms with Crippen LogP contribution in [0.5, 0.6) is 5.75 Å². The Morgan fingerprint density at radius 3 is 2.50 bits per heavy atom. The number of ether oxygens (including phenoxy) is 1. The maximum absolute atomic E-state index is 11.9. The van der Waals surface area contributed by atoms with Crippen LogP contribution in [0.25, 0.3) is 0 Å². The first-order valence-electron chi connectivity index (χ1n) is 6.88. The average molecular weight is 294 g/mol. The van der Waals surface area contributed by atoms with Gasteiger partial charge in [0.05, 0.1) is 6.10 Å². The number of rotatable bonds is 6. The number of unbranched alkanes of at least 4 members (excludes halogenated alkanes) is 1. The van der Waals surface area contributed by atoms with Gasteiger partial charge in [-0.1, -0.05) is 13.3 Å². The molecule has 4 nitrogen and oxygen atoms in total. The first kappa shape index (κ1) is 16.4. The van der Waals surface area contributed by atoms with E-state index in [-0.39, 0.29) is 12.0 Å². The molecule has 110 valence electrons. The lowest BCUT2D eigenvalue weighted by Crippen LogP contribution is -2.39. The fourth-order valence-corrected chi connectivity index (χ4v) is 1.75. The first-order chi connectivity index (χ1) is 9.52. The van der Waals surface area contributed by atoms with Gasteiger partial charge >= 0.3 is 0 Å². The van der Waals surface area contributed by atoms with Crippen LogP contribution < -0.4 is 15.4 Å². The summed E-state index contributed by atoms with van der Waals surface area (Å²) in [5.74, 6) is 0.537. The zero-order chi connectivity index (χ0) is 15.0. The van der Waals surface area contributed by atoms with Crippen LogP contribution >= 0.6 is 12.2 Å². The predicted octanol–water partition coefficient (Wildman–Crippen LogP) is 2.88. The van der Waals surface area contributed by atoms with E-state index in [2.05, 4.69) is 17.6 Å². The van der Waals surface area contributed by atoms with E-state index in [9.17, 15) is 4.79 Å². The molecule has 1 rings (SSSR count). The quantitative estimate of drug-likeness (QED) is 0.626. The van der Waals surface area contributed by atoms with Gasteiger partial charge in [0.1, 0.15) is 5.75 Å². The van der Waals surface area contributed by atoms with Crippen molar-refractivity contribution in [3.63, 3.8) is 0 Å². The van der Waals surface area contributed by atoms with Crippen LogP contribution in [-0.2, 0) is 0 Å². The molecule has 1 aromatic rings. The van der Waals surface area contributed by atoms with E-state index >= 15 is 0 Å². The third kappa shape index (κ3) is 6.02. The largest absolute Gasteiger partial charge is 0.491 e. The number of carbonyl (C=O) groups is 1. The summed E-state index contributed by atoms with van der Waals surface area (Å²) in [6.07, 6.45) is 2.23. The number of hydrogen-bond acceptors (Lipinski definition) is 3. The number of benzene rings is 1. The lowest BCUT2D eigenvalue weighted by molar-refractivity contribution is 0.0976. The molecule has 0 bridgehead atoms. The van der Waals surface area contributed by atoms with Crippen LogP contribution in [0.3, 0.4) is 0 Å². The summed E-state index contributed by atoms with van der Waals surface area (Å²) in [4.78, 5) is 11.9. The summed E-state index contributed by atoms with van der Waals surface area (Å²) < 4.78 is 5.53. The van der Waals surface area contributed by atoms with Gasteiger partial charge < -0.3 is 10.1 Å². The zero-order valence-corrected chi connectivity index (χ0v) is 13.0. The van der Waals surface area contributed by atoms with E-state index in [4.69, 9.17) is 17.0 Å². The highest BCUT2D eigenvalue weighted by Crippen LogP contribution is 2.13. The zero-order valence-electron chi connectivity index (χ0n) is 12.2. The second-order valence-corrected chi connectivity index (χ2v) is 5.16. The summed E-state index contributed by atoms with van der Waals surface area (Å²) in [5.41, 5.74) is 0.556. The number of carbonyl (C=O) groups excluding carboxylic acids is 1. The fourth-order valence-electron chi connectivity index (χ4n) is 1.56. The Morgan fingerprint density at radius 2 is 1.95 bits per heavy atom. The first-order valence-corrected chi connectivity index (χ1v) is 7.29. The molecule has 0 saturated carbocycles. The minimum atomic E-state index is -0.213. The Bertz CT molecular complexity index is 444. The SMILES string of the molecule is CCCCNC(=S)NC(=O)c1ccc(OC(C)C)cc1. The Hall–Kier alpha value is -1.62. The topological polar surface area (TPSA) is 50.4 Å². The highest BCUT2D eigenvalue weighted by molar-refractivity contribution is 7.80. The van der Waals surface area contributed by atoms with Crippen LogP contribution in [0, 0.1) is 0 Å². The van der Waals surface area contributed by atoms with E-state index in [1.165, 1.54) is 0 Å². The minimum Gasteiger partial charge on any atom is -0.491 e. The second-order valence-electron chi connectivity index (χ2n) is 4.75. The smallest absolute Gasteiger partial charge is 0.257 e. The van der Waals surface area contributed by atoms with Gasteiger partial charge in [-0.2, -0.15) is 0 Å². The van der Waals surface area contributed by atoms with E-state index in [1.54, 1.807) is 24.3 Å². The third-order valence-electron chi connectivity index (χ3n) is 2.53. The summed E-state index contributed by atoms with van der Waals surface area (Å²) in [6.45, 7) is 6.79. The number of hydrogen-bond donors (Lipinski definition) is 2. The molecular formula is C15H22N2O2S. The fraction of sp³-hybridized carbons (Fsp3) is 0.467. The molecule has 0 unspecified atom stereocenters. The van der Waals surface area contributed by atoms with Crippen molar-refractivity contribution >= 4 is 23.2 Å². The molecule has 0 aliphatic rings. The molecule has 0 heterocycles. The molecule has 0 radical (unpaired) electrons. The maximum atomic E-state index is 11.9. The highest BCUT2D eigenvalue weighted by atomic mass is 32.1. The van der Waals surface area contributed by atoms with Crippen LogP contribution in [0.1, 0.15) is 44.0 Å². The van der Waals surface area contributed by atoms with Crippen molar-refractivity contribution < 1.29 is 9.53 Å². The van der Waals surface area contributed by atoms with Gasteiger partial charge in [-0.3, -0.25) is 10.1 Å². The monoisotopic (exact) mass is 294 g/mol. The number of thiocarbonyl (C=S) groups is 1. The molecule has 5 heteroatoms. The van der Waals surface area contributed by atoms with Crippen molar-refractivity contribution in [1.29, 1.82) is 0 Å². The van der Waals surface area contributed by atoms with Crippen molar-refractivity contribution in [2.75, 3.05) is 6.54 Å². The van der Waals surface area contributed by atoms with Crippen molar-refractivity contribution in [1.82, 2.24) is 10.6 Å². The molecule has 0 aliphatic heterocycles. The van der Waals surface area contributed by atoms with Gasteiger partial charge in [0.2, 0.25) is 0 Å². The van der Waals surface area contributed by atoms with Crippen LogP contribution in [0.15, 0.2) is 24.3 Å².